The molecule has 0 heterocycles. The number of fused-ring (bicyclic) bond motifs is 2. The summed E-state index contributed by atoms with van der Waals surface area (Å²) in [6, 6.07) is 10.5. The SMILES string of the molecule is CC1(C)[C@H]2CC[C@@]1(C)[C@@H](NC[C@@H](O)c1ccccc1)C2. The summed E-state index contributed by atoms with van der Waals surface area (Å²) in [6.07, 6.45) is 3.57. The molecule has 2 aliphatic carbocycles. The lowest BCUT2D eigenvalue weighted by molar-refractivity contribution is 0.105. The molecule has 1 aromatic rings. The van der Waals surface area contributed by atoms with Crippen LogP contribution in [0, 0.1) is 16.7 Å². The lowest BCUT2D eigenvalue weighted by Crippen LogP contribution is -2.45. The molecule has 4 atom stereocenters. The highest BCUT2D eigenvalue weighted by molar-refractivity contribution is 5.18. The van der Waals surface area contributed by atoms with Crippen molar-refractivity contribution in [1.82, 2.24) is 5.32 Å². The van der Waals surface area contributed by atoms with Crippen molar-refractivity contribution in [1.29, 1.82) is 0 Å². The summed E-state index contributed by atoms with van der Waals surface area (Å²) in [5.41, 5.74) is 1.82. The zero-order valence-corrected chi connectivity index (χ0v) is 12.9. The van der Waals surface area contributed by atoms with Crippen LogP contribution in [0.4, 0.5) is 0 Å². The van der Waals surface area contributed by atoms with Gasteiger partial charge in [0.1, 0.15) is 0 Å². The summed E-state index contributed by atoms with van der Waals surface area (Å²) in [5, 5.41) is 14.0. The van der Waals surface area contributed by atoms with E-state index in [1.807, 2.05) is 30.3 Å². The molecule has 1 aromatic carbocycles. The van der Waals surface area contributed by atoms with Crippen molar-refractivity contribution in [2.24, 2.45) is 16.7 Å². The van der Waals surface area contributed by atoms with Crippen LogP contribution in [0.2, 0.25) is 0 Å². The highest BCUT2D eigenvalue weighted by Gasteiger charge is 2.60. The van der Waals surface area contributed by atoms with Crippen molar-refractivity contribution in [2.45, 2.75) is 52.2 Å². The van der Waals surface area contributed by atoms with Crippen LogP contribution in [0.5, 0.6) is 0 Å². The largest absolute Gasteiger partial charge is 0.387 e. The molecule has 0 unspecified atom stereocenters. The molecule has 0 radical (unpaired) electrons. The van der Waals surface area contributed by atoms with E-state index in [0.29, 0.717) is 23.4 Å². The first-order valence-corrected chi connectivity index (χ1v) is 7.91. The standard InChI is InChI=1S/C18H27NO/c1-17(2)14-9-10-18(17,3)16(11-14)19-12-15(20)13-7-5-4-6-8-13/h4-8,14-16,19-20H,9-12H2,1-3H3/t14-,15+,16-,18-/m0/s1. The molecule has 2 N–H and O–H groups in total. The number of aliphatic hydroxyl groups excluding tert-OH is 1. The van der Waals surface area contributed by atoms with E-state index < -0.39 is 6.10 Å². The van der Waals surface area contributed by atoms with Gasteiger partial charge in [0.05, 0.1) is 6.10 Å². The number of aliphatic hydroxyl groups is 1. The molecular weight excluding hydrogens is 246 g/mol. The van der Waals surface area contributed by atoms with Crippen LogP contribution in [-0.4, -0.2) is 17.7 Å². The monoisotopic (exact) mass is 273 g/mol. The maximum atomic E-state index is 10.3. The minimum atomic E-state index is -0.401. The molecule has 0 aromatic heterocycles. The van der Waals surface area contributed by atoms with Crippen LogP contribution in [0.15, 0.2) is 30.3 Å². The van der Waals surface area contributed by atoms with Gasteiger partial charge in [-0.15, -0.1) is 0 Å². The van der Waals surface area contributed by atoms with Crippen molar-refractivity contribution >= 4 is 0 Å². The third-order valence-corrected chi connectivity index (χ3v) is 6.54. The van der Waals surface area contributed by atoms with Crippen LogP contribution in [0.1, 0.15) is 51.7 Å². The Morgan fingerprint density at radius 2 is 1.95 bits per heavy atom. The van der Waals surface area contributed by atoms with Crippen LogP contribution in [0.3, 0.4) is 0 Å². The summed E-state index contributed by atoms with van der Waals surface area (Å²) in [4.78, 5) is 0. The number of hydrogen-bond donors (Lipinski definition) is 2. The van der Waals surface area contributed by atoms with Gasteiger partial charge in [-0.1, -0.05) is 51.1 Å². The zero-order chi connectivity index (χ0) is 14.4. The van der Waals surface area contributed by atoms with Gasteiger partial charge in [-0.2, -0.15) is 0 Å². The Labute approximate surface area is 122 Å². The predicted octanol–water partition coefficient (Wildman–Crippen LogP) is 3.52. The zero-order valence-electron chi connectivity index (χ0n) is 12.9. The Morgan fingerprint density at radius 3 is 2.50 bits per heavy atom. The topological polar surface area (TPSA) is 32.3 Å². The average molecular weight is 273 g/mol. The molecule has 2 fully saturated rings. The number of rotatable bonds is 4. The van der Waals surface area contributed by atoms with Gasteiger partial charge in [0.15, 0.2) is 0 Å². The predicted molar refractivity (Wildman–Crippen MR) is 82.4 cm³/mol. The van der Waals surface area contributed by atoms with E-state index in [1.165, 1.54) is 19.3 Å². The molecule has 0 aliphatic heterocycles. The summed E-state index contributed by atoms with van der Waals surface area (Å²) < 4.78 is 0. The summed E-state index contributed by atoms with van der Waals surface area (Å²) in [6.45, 7) is 7.96. The Morgan fingerprint density at radius 1 is 1.25 bits per heavy atom. The molecule has 2 saturated carbocycles. The maximum absolute atomic E-state index is 10.3. The molecule has 2 bridgehead atoms. The van der Waals surface area contributed by atoms with Gasteiger partial charge in [0, 0.05) is 12.6 Å². The van der Waals surface area contributed by atoms with Gasteiger partial charge in [-0.05, 0) is 41.6 Å². The van der Waals surface area contributed by atoms with Crippen molar-refractivity contribution in [3.63, 3.8) is 0 Å². The van der Waals surface area contributed by atoms with Crippen LogP contribution >= 0.6 is 0 Å². The highest BCUT2D eigenvalue weighted by atomic mass is 16.3. The van der Waals surface area contributed by atoms with Crippen molar-refractivity contribution in [3.05, 3.63) is 35.9 Å². The molecule has 0 saturated heterocycles. The van der Waals surface area contributed by atoms with Gasteiger partial charge in [-0.3, -0.25) is 0 Å². The first-order valence-electron chi connectivity index (χ1n) is 7.91. The van der Waals surface area contributed by atoms with Crippen molar-refractivity contribution in [3.8, 4) is 0 Å². The molecule has 110 valence electrons. The summed E-state index contributed by atoms with van der Waals surface area (Å²) in [5.74, 6) is 0.846. The first-order chi connectivity index (χ1) is 9.45. The fourth-order valence-corrected chi connectivity index (χ4v) is 4.56. The smallest absolute Gasteiger partial charge is 0.0914 e. The summed E-state index contributed by atoms with van der Waals surface area (Å²) >= 11 is 0. The number of benzene rings is 1. The van der Waals surface area contributed by atoms with Crippen molar-refractivity contribution < 1.29 is 5.11 Å². The molecule has 0 spiro atoms. The first kappa shape index (κ1) is 14.1. The normalized spacial score (nSPS) is 36.2. The van der Waals surface area contributed by atoms with Crippen LogP contribution in [-0.2, 0) is 0 Å². The van der Waals surface area contributed by atoms with Gasteiger partial charge < -0.3 is 10.4 Å². The molecule has 2 heteroatoms. The Kier molecular flexibility index (Phi) is 3.42. The summed E-state index contributed by atoms with van der Waals surface area (Å²) in [7, 11) is 0. The lowest BCUT2D eigenvalue weighted by atomic mass is 9.69. The Balaban J connectivity index is 1.63. The van der Waals surface area contributed by atoms with Crippen LogP contribution < -0.4 is 5.32 Å². The van der Waals surface area contributed by atoms with Crippen LogP contribution in [0.25, 0.3) is 0 Å². The molecule has 2 aliphatic rings. The lowest BCUT2D eigenvalue weighted by Gasteiger charge is -2.40. The number of nitrogens with one attached hydrogen (secondary N) is 1. The van der Waals surface area contributed by atoms with Gasteiger partial charge in [0.25, 0.3) is 0 Å². The average Bonchev–Trinajstić information content (AvgIpc) is 2.78. The van der Waals surface area contributed by atoms with E-state index in [2.05, 4.69) is 26.1 Å². The van der Waals surface area contributed by atoms with Gasteiger partial charge in [-0.25, -0.2) is 0 Å². The third kappa shape index (κ3) is 2.01. The Bertz CT molecular complexity index is 470. The van der Waals surface area contributed by atoms with E-state index in [9.17, 15) is 5.11 Å². The molecule has 3 rings (SSSR count). The molecule has 0 amide bonds. The molecule has 2 nitrogen and oxygen atoms in total. The van der Waals surface area contributed by atoms with Gasteiger partial charge in [0.2, 0.25) is 0 Å². The maximum Gasteiger partial charge on any atom is 0.0914 e. The van der Waals surface area contributed by atoms with E-state index >= 15 is 0 Å². The highest BCUT2D eigenvalue weighted by Crippen LogP contribution is 2.65. The van der Waals surface area contributed by atoms with E-state index in [-0.39, 0.29) is 0 Å². The number of hydrogen-bond acceptors (Lipinski definition) is 2. The van der Waals surface area contributed by atoms with E-state index in [0.717, 1.165) is 11.5 Å². The molecular formula is C18H27NO. The fraction of sp³-hybridized carbons (Fsp3) is 0.667. The minimum Gasteiger partial charge on any atom is -0.387 e. The quantitative estimate of drug-likeness (QED) is 0.879. The van der Waals surface area contributed by atoms with E-state index in [1.54, 1.807) is 0 Å². The van der Waals surface area contributed by atoms with Crippen molar-refractivity contribution in [2.75, 3.05) is 6.54 Å². The Hall–Kier alpha value is -0.860. The molecule has 20 heavy (non-hydrogen) atoms. The van der Waals surface area contributed by atoms with E-state index in [4.69, 9.17) is 0 Å². The second-order valence-electron chi connectivity index (χ2n) is 7.50. The third-order valence-electron chi connectivity index (χ3n) is 6.54. The minimum absolute atomic E-state index is 0.383. The second kappa shape index (κ2) is 4.85. The van der Waals surface area contributed by atoms with Gasteiger partial charge >= 0.3 is 0 Å². The second-order valence-corrected chi connectivity index (χ2v) is 7.50. The fourth-order valence-electron chi connectivity index (χ4n) is 4.56.